The van der Waals surface area contributed by atoms with Crippen molar-refractivity contribution in [2.75, 3.05) is 19.5 Å². The van der Waals surface area contributed by atoms with E-state index < -0.39 is 5.91 Å². The molecule has 1 aromatic carbocycles. The maximum Gasteiger partial charge on any atom is 0.256 e. The molecule has 0 radical (unpaired) electrons. The van der Waals surface area contributed by atoms with Gasteiger partial charge in [0.2, 0.25) is 0 Å². The number of hydrogen-bond acceptors (Lipinski definition) is 5. The van der Waals surface area contributed by atoms with Crippen LogP contribution in [0.2, 0.25) is 0 Å². The van der Waals surface area contributed by atoms with E-state index in [-0.39, 0.29) is 5.91 Å². The fourth-order valence-corrected chi connectivity index (χ4v) is 4.62. The topological polar surface area (TPSA) is 90.7 Å². The minimum atomic E-state index is -0.504. The van der Waals surface area contributed by atoms with Gasteiger partial charge in [0.15, 0.2) is 0 Å². The van der Waals surface area contributed by atoms with Gasteiger partial charge in [-0.25, -0.2) is 0 Å². The minimum absolute atomic E-state index is 0.337. The smallest absolute Gasteiger partial charge is 0.256 e. The highest BCUT2D eigenvalue weighted by atomic mass is 32.1. The molecule has 3 N–H and O–H groups in total. The Morgan fingerprint density at radius 2 is 1.85 bits per heavy atom. The van der Waals surface area contributed by atoms with E-state index in [1.54, 1.807) is 18.2 Å². The van der Waals surface area contributed by atoms with E-state index >= 15 is 0 Å². The first kappa shape index (κ1) is 18.3. The second-order valence-electron chi connectivity index (χ2n) is 6.48. The summed E-state index contributed by atoms with van der Waals surface area (Å²) in [4.78, 5) is 25.9. The van der Waals surface area contributed by atoms with Gasteiger partial charge in [-0.2, -0.15) is 0 Å². The molecule has 0 fully saturated rings. The normalized spacial score (nSPS) is 15.9. The van der Waals surface area contributed by atoms with E-state index in [0.29, 0.717) is 33.5 Å². The molecule has 6 nitrogen and oxygen atoms in total. The summed E-state index contributed by atoms with van der Waals surface area (Å²) in [6, 6.07) is 4.94. The van der Waals surface area contributed by atoms with Gasteiger partial charge in [0.25, 0.3) is 11.8 Å². The predicted octanol–water partition coefficient (Wildman–Crippen LogP) is 3.24. The Morgan fingerprint density at radius 3 is 2.42 bits per heavy atom. The highest BCUT2D eigenvalue weighted by Crippen LogP contribution is 2.39. The lowest BCUT2D eigenvalue weighted by Crippen LogP contribution is -2.19. The Hall–Kier alpha value is -2.54. The molecule has 1 aliphatic carbocycles. The van der Waals surface area contributed by atoms with Crippen LogP contribution in [0.25, 0.3) is 0 Å². The summed E-state index contributed by atoms with van der Waals surface area (Å²) >= 11 is 1.44. The number of thiophene rings is 1. The number of anilines is 1. The number of amides is 2. The van der Waals surface area contributed by atoms with Crippen LogP contribution in [-0.4, -0.2) is 26.0 Å². The van der Waals surface area contributed by atoms with Crippen LogP contribution in [0.5, 0.6) is 11.5 Å². The molecule has 26 heavy (non-hydrogen) atoms. The lowest BCUT2D eigenvalue weighted by atomic mass is 9.88. The van der Waals surface area contributed by atoms with Crippen molar-refractivity contribution in [2.45, 2.75) is 26.2 Å². The number of carbonyl (C=O) groups is 2. The summed E-state index contributed by atoms with van der Waals surface area (Å²) in [7, 11) is 3.05. The maximum atomic E-state index is 12.7. The van der Waals surface area contributed by atoms with Crippen molar-refractivity contribution in [3.63, 3.8) is 0 Å². The average molecular weight is 374 g/mol. The fourth-order valence-electron chi connectivity index (χ4n) is 3.21. The molecule has 2 amide bonds. The molecular weight excluding hydrogens is 352 g/mol. The van der Waals surface area contributed by atoms with E-state index in [4.69, 9.17) is 15.2 Å². The Kier molecular flexibility index (Phi) is 5.18. The van der Waals surface area contributed by atoms with E-state index in [9.17, 15) is 9.59 Å². The summed E-state index contributed by atoms with van der Waals surface area (Å²) in [5.74, 6) is 0.757. The van der Waals surface area contributed by atoms with Crippen molar-refractivity contribution in [3.8, 4) is 11.5 Å². The Morgan fingerprint density at radius 1 is 1.19 bits per heavy atom. The molecular formula is C19H22N2O4S. The van der Waals surface area contributed by atoms with Gasteiger partial charge in [-0.1, -0.05) is 6.92 Å². The van der Waals surface area contributed by atoms with Crippen molar-refractivity contribution in [3.05, 3.63) is 39.8 Å². The molecule has 1 aromatic heterocycles. The quantitative estimate of drug-likeness (QED) is 0.840. The monoisotopic (exact) mass is 374 g/mol. The van der Waals surface area contributed by atoms with Gasteiger partial charge in [-0.15, -0.1) is 11.3 Å². The van der Waals surface area contributed by atoms with Crippen LogP contribution >= 0.6 is 11.3 Å². The first-order valence-electron chi connectivity index (χ1n) is 8.41. The van der Waals surface area contributed by atoms with Gasteiger partial charge in [0.05, 0.1) is 19.8 Å². The number of nitrogens with two attached hydrogens (primary N) is 1. The van der Waals surface area contributed by atoms with Crippen molar-refractivity contribution < 1.29 is 19.1 Å². The largest absolute Gasteiger partial charge is 0.497 e. The van der Waals surface area contributed by atoms with Gasteiger partial charge in [-0.05, 0) is 42.9 Å². The summed E-state index contributed by atoms with van der Waals surface area (Å²) in [6.45, 7) is 2.19. The van der Waals surface area contributed by atoms with Gasteiger partial charge in [0.1, 0.15) is 16.5 Å². The van der Waals surface area contributed by atoms with Crippen LogP contribution in [0, 0.1) is 5.92 Å². The van der Waals surface area contributed by atoms with Crippen molar-refractivity contribution >= 4 is 28.2 Å². The Bertz CT molecular complexity index is 837. The van der Waals surface area contributed by atoms with Crippen LogP contribution in [-0.2, 0) is 12.8 Å². The van der Waals surface area contributed by atoms with Crippen molar-refractivity contribution in [1.29, 1.82) is 0 Å². The summed E-state index contributed by atoms with van der Waals surface area (Å²) < 4.78 is 10.4. The van der Waals surface area contributed by atoms with Crippen molar-refractivity contribution in [1.82, 2.24) is 0 Å². The molecule has 0 aliphatic heterocycles. The maximum absolute atomic E-state index is 12.7. The summed E-state index contributed by atoms with van der Waals surface area (Å²) in [6.07, 6.45) is 2.74. The second-order valence-corrected chi connectivity index (χ2v) is 7.58. The zero-order chi connectivity index (χ0) is 18.8. The molecule has 1 unspecified atom stereocenters. The van der Waals surface area contributed by atoms with E-state index in [1.165, 1.54) is 25.6 Å². The number of hydrogen-bond donors (Lipinski definition) is 2. The molecule has 0 bridgehead atoms. The third kappa shape index (κ3) is 3.53. The molecule has 2 aromatic rings. The fraction of sp³-hybridized carbons (Fsp3) is 0.368. The lowest BCUT2D eigenvalue weighted by molar-refractivity contribution is 0.1000. The zero-order valence-corrected chi connectivity index (χ0v) is 15.9. The highest BCUT2D eigenvalue weighted by molar-refractivity contribution is 7.17. The molecule has 1 heterocycles. The van der Waals surface area contributed by atoms with Crippen LogP contribution in [0.4, 0.5) is 5.00 Å². The summed E-state index contributed by atoms with van der Waals surface area (Å²) in [5.41, 5.74) is 7.42. The van der Waals surface area contributed by atoms with Gasteiger partial charge in [-0.3, -0.25) is 9.59 Å². The van der Waals surface area contributed by atoms with Gasteiger partial charge >= 0.3 is 0 Å². The standard InChI is InChI=1S/C19H22N2O4S/c1-10-4-5-14-15(6-10)26-19(16(14)17(20)22)21-18(23)11-7-12(24-2)9-13(8-11)25-3/h7-10H,4-6H2,1-3H3,(H2,20,22)(H,21,23). The molecule has 0 saturated carbocycles. The van der Waals surface area contributed by atoms with Crippen LogP contribution < -0.4 is 20.5 Å². The molecule has 0 saturated heterocycles. The van der Waals surface area contributed by atoms with Crippen molar-refractivity contribution in [2.24, 2.45) is 11.7 Å². The third-order valence-electron chi connectivity index (χ3n) is 4.60. The molecule has 7 heteroatoms. The van der Waals surface area contributed by atoms with Crippen LogP contribution in [0.15, 0.2) is 18.2 Å². The number of fused-ring (bicyclic) bond motifs is 1. The number of nitrogens with one attached hydrogen (secondary N) is 1. The van der Waals surface area contributed by atoms with Gasteiger partial charge in [0, 0.05) is 16.5 Å². The SMILES string of the molecule is COc1cc(OC)cc(C(=O)Nc2sc3c(c2C(N)=O)CCC(C)C3)c1. The number of benzene rings is 1. The lowest BCUT2D eigenvalue weighted by Gasteiger charge is -2.18. The van der Waals surface area contributed by atoms with Crippen LogP contribution in [0.3, 0.4) is 0 Å². The molecule has 0 spiro atoms. The van der Waals surface area contributed by atoms with E-state index in [0.717, 1.165) is 29.7 Å². The first-order chi connectivity index (χ1) is 12.4. The number of rotatable bonds is 5. The number of methoxy groups -OCH3 is 2. The minimum Gasteiger partial charge on any atom is -0.497 e. The second kappa shape index (κ2) is 7.37. The molecule has 138 valence electrons. The number of carbonyl (C=O) groups excluding carboxylic acids is 2. The van der Waals surface area contributed by atoms with E-state index in [2.05, 4.69) is 12.2 Å². The molecule has 3 rings (SSSR count). The molecule has 1 atom stereocenters. The van der Waals surface area contributed by atoms with E-state index in [1.807, 2.05) is 0 Å². The molecule has 1 aliphatic rings. The zero-order valence-electron chi connectivity index (χ0n) is 15.0. The Labute approximate surface area is 156 Å². The average Bonchev–Trinajstić information content (AvgIpc) is 2.97. The number of ether oxygens (including phenoxy) is 2. The highest BCUT2D eigenvalue weighted by Gasteiger charge is 2.27. The summed E-state index contributed by atoms with van der Waals surface area (Å²) in [5, 5.41) is 3.37. The number of primary amides is 1. The van der Waals surface area contributed by atoms with Crippen LogP contribution in [0.1, 0.15) is 44.5 Å². The Balaban J connectivity index is 1.94. The predicted molar refractivity (Wildman–Crippen MR) is 102 cm³/mol. The van der Waals surface area contributed by atoms with Gasteiger partial charge < -0.3 is 20.5 Å². The third-order valence-corrected chi connectivity index (χ3v) is 5.77. The first-order valence-corrected chi connectivity index (χ1v) is 9.23.